The van der Waals surface area contributed by atoms with Gasteiger partial charge in [0.1, 0.15) is 5.75 Å². The van der Waals surface area contributed by atoms with Crippen LogP contribution in [0.5, 0.6) is 5.75 Å². The van der Waals surface area contributed by atoms with Crippen LogP contribution in [0.15, 0.2) is 30.4 Å². The summed E-state index contributed by atoms with van der Waals surface area (Å²) in [5, 5.41) is 12.8. The number of carbonyl (C=O) groups excluding carboxylic acids is 1. The maximum Gasteiger partial charge on any atom is 0.307 e. The van der Waals surface area contributed by atoms with Crippen molar-refractivity contribution in [3.8, 4) is 5.75 Å². The van der Waals surface area contributed by atoms with Crippen molar-refractivity contribution in [1.29, 1.82) is 0 Å². The number of nitrogens with zero attached hydrogens (tertiary/aromatic N) is 1. The Kier molecular flexibility index (Phi) is 3.95. The average Bonchev–Trinajstić information content (AvgIpc) is 3.27. The topological polar surface area (TPSA) is 88.5 Å². The molecule has 2 bridgehead atoms. The van der Waals surface area contributed by atoms with Gasteiger partial charge in [0, 0.05) is 6.07 Å². The number of fused-ring (bicyclic) bond motifs is 3. The minimum Gasteiger partial charge on any atom is -0.494 e. The number of nitrogens with one attached hydrogen (secondary N) is 1. The molecular weight excluding hydrogens is 340 g/mol. The van der Waals surface area contributed by atoms with Crippen molar-refractivity contribution >= 4 is 38.6 Å². The number of benzene rings is 1. The van der Waals surface area contributed by atoms with Gasteiger partial charge in [-0.05, 0) is 37.3 Å². The molecule has 1 fully saturated rings. The molecule has 0 radical (unpaired) electrons. The molecular formula is C18H18N2O4S. The van der Waals surface area contributed by atoms with Crippen molar-refractivity contribution in [2.45, 2.75) is 13.3 Å². The third kappa shape index (κ3) is 2.78. The highest BCUT2D eigenvalue weighted by Crippen LogP contribution is 2.48. The molecule has 7 heteroatoms. The number of aliphatic carboxylic acids is 1. The molecule has 4 rings (SSSR count). The molecule has 4 atom stereocenters. The Bertz CT molecular complexity index is 875. The molecule has 0 unspecified atom stereocenters. The Balaban J connectivity index is 1.55. The second kappa shape index (κ2) is 6.15. The predicted octanol–water partition coefficient (Wildman–Crippen LogP) is 3.16. The summed E-state index contributed by atoms with van der Waals surface area (Å²) in [7, 11) is 0. The van der Waals surface area contributed by atoms with E-state index in [1.54, 1.807) is 0 Å². The standard InChI is InChI=1S/C18H18N2O4S/c1-2-24-11-5-6-13-12(8-11)19-18(25-13)20-16(21)14-9-3-4-10(7-9)15(14)17(22)23/h3-6,8-10,14-15H,2,7H2,1H3,(H,22,23)(H,19,20,21)/t9-,10-,14+,15+/m0/s1. The van der Waals surface area contributed by atoms with Crippen LogP contribution in [0.2, 0.25) is 0 Å². The first-order chi connectivity index (χ1) is 12.1. The third-order valence-corrected chi connectivity index (χ3v) is 5.90. The molecule has 2 aromatic rings. The fourth-order valence-electron chi connectivity index (χ4n) is 3.92. The number of hydrogen-bond acceptors (Lipinski definition) is 5. The van der Waals surface area contributed by atoms with Gasteiger partial charge in [0.2, 0.25) is 5.91 Å². The number of rotatable bonds is 5. The van der Waals surface area contributed by atoms with Crippen molar-refractivity contribution in [3.63, 3.8) is 0 Å². The molecule has 25 heavy (non-hydrogen) atoms. The van der Waals surface area contributed by atoms with Crippen molar-refractivity contribution in [2.75, 3.05) is 11.9 Å². The van der Waals surface area contributed by atoms with E-state index in [-0.39, 0.29) is 17.7 Å². The highest BCUT2D eigenvalue weighted by molar-refractivity contribution is 7.22. The summed E-state index contributed by atoms with van der Waals surface area (Å²) in [6.45, 7) is 2.49. The zero-order chi connectivity index (χ0) is 17.6. The van der Waals surface area contributed by atoms with E-state index in [0.29, 0.717) is 11.7 Å². The monoisotopic (exact) mass is 358 g/mol. The van der Waals surface area contributed by atoms with Gasteiger partial charge >= 0.3 is 5.97 Å². The number of amides is 1. The lowest BCUT2D eigenvalue weighted by Gasteiger charge is -2.23. The number of thiazole rings is 1. The summed E-state index contributed by atoms with van der Waals surface area (Å²) in [5.41, 5.74) is 0.758. The Morgan fingerprint density at radius 1 is 1.32 bits per heavy atom. The highest BCUT2D eigenvalue weighted by Gasteiger charge is 2.51. The molecule has 1 saturated carbocycles. The first-order valence-electron chi connectivity index (χ1n) is 8.32. The lowest BCUT2D eigenvalue weighted by atomic mass is 9.82. The van der Waals surface area contributed by atoms with Crippen LogP contribution in [-0.4, -0.2) is 28.6 Å². The van der Waals surface area contributed by atoms with Crippen molar-refractivity contribution < 1.29 is 19.4 Å². The van der Waals surface area contributed by atoms with Crippen LogP contribution in [0, 0.1) is 23.7 Å². The summed E-state index contributed by atoms with van der Waals surface area (Å²) in [6.07, 6.45) is 4.65. The van der Waals surface area contributed by atoms with Crippen LogP contribution in [0.25, 0.3) is 10.2 Å². The molecule has 0 aliphatic heterocycles. The maximum absolute atomic E-state index is 12.7. The molecule has 2 aliphatic carbocycles. The van der Waals surface area contributed by atoms with Gasteiger partial charge in [-0.1, -0.05) is 23.5 Å². The third-order valence-electron chi connectivity index (χ3n) is 4.95. The Hall–Kier alpha value is -2.41. The number of hydrogen-bond donors (Lipinski definition) is 2. The Morgan fingerprint density at radius 3 is 2.80 bits per heavy atom. The lowest BCUT2D eigenvalue weighted by Crippen LogP contribution is -2.36. The first kappa shape index (κ1) is 16.1. The van der Waals surface area contributed by atoms with Crippen LogP contribution in [0.3, 0.4) is 0 Å². The largest absolute Gasteiger partial charge is 0.494 e. The highest BCUT2D eigenvalue weighted by atomic mass is 32.1. The second-order valence-corrected chi connectivity index (χ2v) is 7.44. The smallest absolute Gasteiger partial charge is 0.307 e. The maximum atomic E-state index is 12.7. The van der Waals surface area contributed by atoms with E-state index in [0.717, 1.165) is 22.4 Å². The summed E-state index contributed by atoms with van der Waals surface area (Å²) in [4.78, 5) is 28.7. The summed E-state index contributed by atoms with van der Waals surface area (Å²) in [5.74, 6) is -1.63. The number of carboxylic acid groups (broad SMARTS) is 1. The summed E-state index contributed by atoms with van der Waals surface area (Å²) < 4.78 is 6.41. The number of aromatic nitrogens is 1. The zero-order valence-corrected chi connectivity index (χ0v) is 14.5. The van der Waals surface area contributed by atoms with E-state index in [1.807, 2.05) is 37.3 Å². The quantitative estimate of drug-likeness (QED) is 0.802. The number of allylic oxidation sites excluding steroid dienone is 2. The van der Waals surface area contributed by atoms with E-state index in [1.165, 1.54) is 11.3 Å². The zero-order valence-electron chi connectivity index (χ0n) is 13.6. The van der Waals surface area contributed by atoms with Crippen molar-refractivity contribution in [3.05, 3.63) is 30.4 Å². The van der Waals surface area contributed by atoms with Gasteiger partial charge in [-0.15, -0.1) is 0 Å². The van der Waals surface area contributed by atoms with E-state index in [9.17, 15) is 14.7 Å². The number of carbonyl (C=O) groups is 2. The first-order valence-corrected chi connectivity index (χ1v) is 9.14. The predicted molar refractivity (Wildman–Crippen MR) is 94.8 cm³/mol. The molecule has 2 N–H and O–H groups in total. The minimum absolute atomic E-state index is 0.00466. The van der Waals surface area contributed by atoms with Gasteiger partial charge in [-0.25, -0.2) is 4.98 Å². The molecule has 1 aromatic carbocycles. The summed E-state index contributed by atoms with van der Waals surface area (Å²) >= 11 is 1.38. The number of carboxylic acids is 1. The van der Waals surface area contributed by atoms with E-state index >= 15 is 0 Å². The summed E-state index contributed by atoms with van der Waals surface area (Å²) in [6, 6.07) is 5.62. The second-order valence-electron chi connectivity index (χ2n) is 6.41. The van der Waals surface area contributed by atoms with Crippen LogP contribution < -0.4 is 10.1 Å². The molecule has 1 amide bonds. The molecule has 130 valence electrons. The van der Waals surface area contributed by atoms with E-state index in [4.69, 9.17) is 4.74 Å². The molecule has 6 nitrogen and oxygen atoms in total. The lowest BCUT2D eigenvalue weighted by molar-refractivity contribution is -0.146. The molecule has 1 heterocycles. The SMILES string of the molecule is CCOc1ccc2sc(NC(=O)[C@H]3[C@H](C(=O)O)[C@H]4C=C[C@H]3C4)nc2c1. The van der Waals surface area contributed by atoms with Crippen LogP contribution in [0.4, 0.5) is 5.13 Å². The molecule has 0 saturated heterocycles. The normalized spacial score (nSPS) is 26.9. The fourth-order valence-corrected chi connectivity index (χ4v) is 4.77. The van der Waals surface area contributed by atoms with Gasteiger partial charge in [0.25, 0.3) is 0 Å². The van der Waals surface area contributed by atoms with E-state index < -0.39 is 17.8 Å². The van der Waals surface area contributed by atoms with Gasteiger partial charge in [0.05, 0.1) is 28.7 Å². The van der Waals surface area contributed by atoms with Crippen LogP contribution in [-0.2, 0) is 9.59 Å². The van der Waals surface area contributed by atoms with E-state index in [2.05, 4.69) is 10.3 Å². The Morgan fingerprint density at radius 2 is 2.08 bits per heavy atom. The molecule has 2 aliphatic rings. The molecule has 1 aromatic heterocycles. The van der Waals surface area contributed by atoms with Gasteiger partial charge in [-0.3, -0.25) is 9.59 Å². The van der Waals surface area contributed by atoms with Crippen LogP contribution in [0.1, 0.15) is 13.3 Å². The minimum atomic E-state index is -0.900. The fraction of sp³-hybridized carbons (Fsp3) is 0.389. The van der Waals surface area contributed by atoms with Crippen LogP contribution >= 0.6 is 11.3 Å². The Labute approximate surface area is 148 Å². The number of ether oxygens (including phenoxy) is 1. The average molecular weight is 358 g/mol. The number of anilines is 1. The van der Waals surface area contributed by atoms with Crippen molar-refractivity contribution in [2.24, 2.45) is 23.7 Å². The van der Waals surface area contributed by atoms with Gasteiger partial charge in [-0.2, -0.15) is 0 Å². The van der Waals surface area contributed by atoms with Crippen molar-refractivity contribution in [1.82, 2.24) is 4.98 Å². The van der Waals surface area contributed by atoms with Gasteiger partial charge in [0.15, 0.2) is 5.13 Å². The molecule has 0 spiro atoms. The van der Waals surface area contributed by atoms with Gasteiger partial charge < -0.3 is 15.2 Å².